The molecule has 10 nitrogen and oxygen atoms in total. The molecule has 13 heteroatoms. The number of hydrogen-bond donors (Lipinski definition) is 0. The Kier molecular flexibility index (Phi) is 19.4. The van der Waals surface area contributed by atoms with Crippen LogP contribution in [0, 0.1) is 46.3 Å². The number of fused-ring (bicyclic) bond motifs is 5. The van der Waals surface area contributed by atoms with Gasteiger partial charge in [-0.05, 0) is 123 Å². The minimum Gasteiger partial charge on any atom is -0.463 e. The SMILES string of the molecule is CCCCCCCCN(CCCCCCCC)C(=O)CC[C@@H](C)[C@H]1CC[C@H]2[C@@H]3[C@H](OC(C)=O)C[C@@H]4C[C@H](OC(C)=O)CC[C@]4(C)[C@H]3C[C@H](OC(=O)c3ccc(OC(=O)C(F)(F)F)cc3)[C@]12C. The number of halogens is 3. The summed E-state index contributed by atoms with van der Waals surface area (Å²) in [7, 11) is 0. The number of alkyl halides is 3. The molecule has 372 valence electrons. The van der Waals surface area contributed by atoms with Gasteiger partial charge in [0, 0.05) is 44.7 Å². The number of amides is 1. The lowest BCUT2D eigenvalue weighted by Gasteiger charge is -2.64. The molecule has 1 aromatic carbocycles. The van der Waals surface area contributed by atoms with Gasteiger partial charge >= 0.3 is 30.1 Å². The van der Waals surface area contributed by atoms with Crippen molar-refractivity contribution in [3.05, 3.63) is 29.8 Å². The van der Waals surface area contributed by atoms with Gasteiger partial charge in [0.2, 0.25) is 5.91 Å². The van der Waals surface area contributed by atoms with Crippen LogP contribution < -0.4 is 4.74 Å². The standard InChI is InChI=1S/C53H80F3NO9/c1-8-10-12-14-16-18-30-57(31-19-17-15-13-11-9-2)47(60)27-20-35(3)42-25-26-43-48-44(51(6)29-28-41(63-36(4)58)32-39(51)33-45(48)64-37(5)59)34-46(52(42,43)7)66-49(61)38-21-23-40(24-22-38)65-50(62)53(54,55)56/h21-24,35,39,41-46,48H,8-20,25-34H2,1-7H3/t35-,39+,41-,42-,43+,44+,45-,46+,48+,51+,52-/m1/s1. The third-order valence-electron chi connectivity index (χ3n) is 16.6. The first-order chi connectivity index (χ1) is 31.3. The number of carbonyl (C=O) groups excluding carboxylic acids is 5. The predicted octanol–water partition coefficient (Wildman–Crippen LogP) is 12.4. The van der Waals surface area contributed by atoms with Crippen molar-refractivity contribution in [2.45, 2.75) is 208 Å². The van der Waals surface area contributed by atoms with Crippen molar-refractivity contribution in [3.63, 3.8) is 0 Å². The fourth-order valence-electron chi connectivity index (χ4n) is 13.2. The number of ether oxygens (including phenoxy) is 4. The van der Waals surface area contributed by atoms with E-state index in [0.717, 1.165) is 70.2 Å². The molecule has 0 heterocycles. The molecule has 0 bridgehead atoms. The molecule has 1 aromatic rings. The van der Waals surface area contributed by atoms with Gasteiger partial charge in [-0.15, -0.1) is 0 Å². The van der Waals surface area contributed by atoms with Crippen LogP contribution in [-0.2, 0) is 33.4 Å². The topological polar surface area (TPSA) is 126 Å². The molecule has 0 spiro atoms. The van der Waals surface area contributed by atoms with E-state index in [2.05, 4.69) is 44.3 Å². The largest absolute Gasteiger partial charge is 0.491 e. The average molecular weight is 932 g/mol. The lowest BCUT2D eigenvalue weighted by atomic mass is 9.43. The zero-order chi connectivity index (χ0) is 48.2. The van der Waals surface area contributed by atoms with Crippen LogP contribution in [0.2, 0.25) is 0 Å². The molecule has 0 aromatic heterocycles. The fourth-order valence-corrected chi connectivity index (χ4v) is 13.2. The van der Waals surface area contributed by atoms with Crippen molar-refractivity contribution in [3.8, 4) is 5.75 Å². The number of hydrogen-bond acceptors (Lipinski definition) is 9. The maximum atomic E-state index is 14.2. The molecule has 1 amide bonds. The monoisotopic (exact) mass is 932 g/mol. The van der Waals surface area contributed by atoms with Crippen LogP contribution in [0.3, 0.4) is 0 Å². The molecule has 4 fully saturated rings. The number of carbonyl (C=O) groups is 5. The Morgan fingerprint density at radius 1 is 0.742 bits per heavy atom. The quantitative estimate of drug-likeness (QED) is 0.0456. The summed E-state index contributed by atoms with van der Waals surface area (Å²) in [5.74, 6) is -3.51. The van der Waals surface area contributed by atoms with Crippen LogP contribution in [0.1, 0.15) is 194 Å². The molecule has 0 N–H and O–H groups in total. The molecular weight excluding hydrogens is 852 g/mol. The molecule has 0 unspecified atom stereocenters. The van der Waals surface area contributed by atoms with Crippen LogP contribution in [-0.4, -0.2) is 72.3 Å². The number of esters is 4. The molecule has 4 aliphatic carbocycles. The molecule has 0 aliphatic heterocycles. The van der Waals surface area contributed by atoms with Gasteiger partial charge in [0.05, 0.1) is 5.56 Å². The van der Waals surface area contributed by atoms with E-state index in [-0.39, 0.29) is 82.3 Å². The first kappa shape index (κ1) is 53.3. The van der Waals surface area contributed by atoms with Crippen LogP contribution in [0.15, 0.2) is 24.3 Å². The van der Waals surface area contributed by atoms with E-state index >= 15 is 0 Å². The van der Waals surface area contributed by atoms with Crippen LogP contribution >= 0.6 is 0 Å². The van der Waals surface area contributed by atoms with Gasteiger partial charge in [0.25, 0.3) is 0 Å². The Balaban J connectivity index is 1.40. The van der Waals surface area contributed by atoms with Gasteiger partial charge in [-0.2, -0.15) is 13.2 Å². The van der Waals surface area contributed by atoms with E-state index < -0.39 is 29.6 Å². The predicted molar refractivity (Wildman–Crippen MR) is 246 cm³/mol. The van der Waals surface area contributed by atoms with Crippen molar-refractivity contribution in [2.75, 3.05) is 13.1 Å². The first-order valence-corrected chi connectivity index (χ1v) is 25.6. The summed E-state index contributed by atoms with van der Waals surface area (Å²) in [5.41, 5.74) is -0.672. The number of rotatable bonds is 23. The number of nitrogens with zero attached hydrogens (tertiary/aromatic N) is 1. The molecule has 0 saturated heterocycles. The van der Waals surface area contributed by atoms with E-state index in [4.69, 9.17) is 14.2 Å². The summed E-state index contributed by atoms with van der Waals surface area (Å²) in [6, 6.07) is 4.92. The smallest absolute Gasteiger partial charge is 0.463 e. The summed E-state index contributed by atoms with van der Waals surface area (Å²) in [6.07, 6.45) is 13.7. The Bertz CT molecular complexity index is 1750. The van der Waals surface area contributed by atoms with Crippen LogP contribution in [0.25, 0.3) is 0 Å². The molecule has 11 atom stereocenters. The minimum absolute atomic E-state index is 0.00653. The van der Waals surface area contributed by atoms with E-state index in [9.17, 15) is 37.1 Å². The van der Waals surface area contributed by atoms with Crippen molar-refractivity contribution in [1.29, 1.82) is 0 Å². The van der Waals surface area contributed by atoms with Crippen molar-refractivity contribution in [2.24, 2.45) is 46.3 Å². The summed E-state index contributed by atoms with van der Waals surface area (Å²) in [4.78, 5) is 66.9. The second-order valence-electron chi connectivity index (χ2n) is 20.9. The normalized spacial score (nSPS) is 29.7. The van der Waals surface area contributed by atoms with Gasteiger partial charge in [-0.25, -0.2) is 9.59 Å². The molecular formula is C53H80F3NO9. The minimum atomic E-state index is -5.17. The second-order valence-corrected chi connectivity index (χ2v) is 20.9. The molecule has 4 saturated carbocycles. The Morgan fingerprint density at radius 2 is 1.33 bits per heavy atom. The van der Waals surface area contributed by atoms with Crippen molar-refractivity contribution < 1.29 is 56.1 Å². The highest BCUT2D eigenvalue weighted by atomic mass is 19.4. The molecule has 5 rings (SSSR count). The summed E-state index contributed by atoms with van der Waals surface area (Å²) in [5, 5.41) is 0. The lowest BCUT2D eigenvalue weighted by molar-refractivity contribution is -0.218. The molecule has 4 aliphatic rings. The first-order valence-electron chi connectivity index (χ1n) is 25.6. The van der Waals surface area contributed by atoms with E-state index in [1.807, 2.05) is 0 Å². The third-order valence-corrected chi connectivity index (χ3v) is 16.6. The number of benzene rings is 1. The fraction of sp³-hybridized carbons (Fsp3) is 0.792. The second kappa shape index (κ2) is 24.1. The highest BCUT2D eigenvalue weighted by Crippen LogP contribution is 2.69. The summed E-state index contributed by atoms with van der Waals surface area (Å²) in [6.45, 7) is 15.6. The van der Waals surface area contributed by atoms with E-state index in [1.54, 1.807) is 0 Å². The van der Waals surface area contributed by atoms with Gasteiger partial charge in [-0.3, -0.25) is 14.4 Å². The Hall–Kier alpha value is -3.64. The van der Waals surface area contributed by atoms with Crippen LogP contribution in [0.4, 0.5) is 13.2 Å². The zero-order valence-corrected chi connectivity index (χ0v) is 41.0. The maximum Gasteiger partial charge on any atom is 0.491 e. The van der Waals surface area contributed by atoms with E-state index in [1.165, 1.54) is 77.3 Å². The van der Waals surface area contributed by atoms with Gasteiger partial charge in [0.1, 0.15) is 24.1 Å². The highest BCUT2D eigenvalue weighted by Gasteiger charge is 2.68. The third kappa shape index (κ3) is 13.3. The molecule has 0 radical (unpaired) electrons. The van der Waals surface area contributed by atoms with Gasteiger partial charge < -0.3 is 23.8 Å². The zero-order valence-electron chi connectivity index (χ0n) is 41.0. The van der Waals surface area contributed by atoms with Gasteiger partial charge in [-0.1, -0.05) is 98.8 Å². The van der Waals surface area contributed by atoms with Crippen molar-refractivity contribution in [1.82, 2.24) is 4.90 Å². The van der Waals surface area contributed by atoms with Crippen molar-refractivity contribution >= 4 is 29.8 Å². The Labute approximate surface area is 392 Å². The Morgan fingerprint density at radius 3 is 1.91 bits per heavy atom. The van der Waals surface area contributed by atoms with Crippen LogP contribution in [0.5, 0.6) is 5.75 Å². The van der Waals surface area contributed by atoms with Gasteiger partial charge in [0.15, 0.2) is 0 Å². The highest BCUT2D eigenvalue weighted by molar-refractivity contribution is 5.90. The summed E-state index contributed by atoms with van der Waals surface area (Å²) >= 11 is 0. The maximum absolute atomic E-state index is 14.2. The van der Waals surface area contributed by atoms with E-state index in [0.29, 0.717) is 38.5 Å². The lowest BCUT2D eigenvalue weighted by Crippen LogP contribution is -2.63. The number of unbranched alkanes of at least 4 members (excludes halogenated alkanes) is 10. The average Bonchev–Trinajstić information content (AvgIpc) is 3.62. The summed E-state index contributed by atoms with van der Waals surface area (Å²) < 4.78 is 61.9. The molecule has 66 heavy (non-hydrogen) atoms.